The monoisotopic (exact) mass is 467 g/mol. The third kappa shape index (κ3) is 4.58. The zero-order chi connectivity index (χ0) is 22.8. The molecule has 2 aliphatic heterocycles. The predicted molar refractivity (Wildman–Crippen MR) is 131 cm³/mol. The summed E-state index contributed by atoms with van der Waals surface area (Å²) in [5.41, 5.74) is 1.22. The van der Waals surface area contributed by atoms with Crippen molar-refractivity contribution in [1.29, 1.82) is 0 Å². The van der Waals surface area contributed by atoms with Gasteiger partial charge < -0.3 is 25.8 Å². The molecule has 4 heterocycles. The van der Waals surface area contributed by atoms with Crippen molar-refractivity contribution in [2.75, 3.05) is 38.5 Å². The van der Waals surface area contributed by atoms with Gasteiger partial charge in [-0.15, -0.1) is 11.3 Å². The van der Waals surface area contributed by atoms with E-state index in [1.54, 1.807) is 11.9 Å². The lowest BCUT2D eigenvalue weighted by Gasteiger charge is -2.31. The van der Waals surface area contributed by atoms with Gasteiger partial charge in [-0.25, -0.2) is 14.8 Å². The summed E-state index contributed by atoms with van der Waals surface area (Å²) in [4.78, 5) is 39.8. The molecule has 5 rings (SSSR count). The van der Waals surface area contributed by atoms with Gasteiger partial charge in [0, 0.05) is 38.6 Å². The fraction of sp³-hybridized carbons (Fsp3) is 0.478. The number of rotatable bonds is 4. The average molecular weight is 468 g/mol. The fourth-order valence-corrected chi connectivity index (χ4v) is 5.66. The largest absolute Gasteiger partial charge is 0.365 e. The van der Waals surface area contributed by atoms with E-state index in [1.165, 1.54) is 11.3 Å². The summed E-state index contributed by atoms with van der Waals surface area (Å²) in [6.07, 6.45) is 3.64. The van der Waals surface area contributed by atoms with E-state index in [4.69, 9.17) is 9.97 Å². The highest BCUT2D eigenvalue weighted by atomic mass is 32.1. The Morgan fingerprint density at radius 2 is 2.00 bits per heavy atom. The molecule has 0 unspecified atom stereocenters. The topological polar surface area (TPSA) is 115 Å². The van der Waals surface area contributed by atoms with Gasteiger partial charge in [0.25, 0.3) is 5.56 Å². The van der Waals surface area contributed by atoms with Crippen LogP contribution < -0.4 is 21.5 Å². The Kier molecular flexibility index (Phi) is 6.28. The van der Waals surface area contributed by atoms with E-state index < -0.39 is 0 Å². The number of carbonyl (C=O) groups excluding carboxylic acids is 1. The second-order valence-corrected chi connectivity index (χ2v) is 9.70. The molecular weight excluding hydrogens is 438 g/mol. The Morgan fingerprint density at radius 1 is 1.18 bits per heavy atom. The van der Waals surface area contributed by atoms with E-state index in [0.29, 0.717) is 35.3 Å². The molecule has 174 valence electrons. The predicted octanol–water partition coefficient (Wildman–Crippen LogP) is 2.73. The zero-order valence-electron chi connectivity index (χ0n) is 18.7. The second kappa shape index (κ2) is 9.48. The number of amides is 2. The van der Waals surface area contributed by atoms with Crippen molar-refractivity contribution >= 4 is 33.4 Å². The van der Waals surface area contributed by atoms with Gasteiger partial charge in [-0.05, 0) is 44.4 Å². The first-order chi connectivity index (χ1) is 16.1. The van der Waals surface area contributed by atoms with Crippen molar-refractivity contribution in [2.24, 2.45) is 0 Å². The Bertz CT molecular complexity index is 1160. The van der Waals surface area contributed by atoms with E-state index in [0.717, 1.165) is 49.0 Å². The standard InChI is InChI=1S/C23H29N7O2S/c1-24-23(32)30-11-8-14(9-12-30)19-28-20(26-15-5-4-10-25-13-15)18(21(31)29-19)22-27-16-6-2-3-7-17(16)33-22/h2-3,6-7,14-15,25H,4-5,8-13H2,1H3,(H,24,32)(H2,26,28,29,31)/t15-/m1/s1. The van der Waals surface area contributed by atoms with E-state index >= 15 is 0 Å². The van der Waals surface area contributed by atoms with Crippen LogP contribution in [0.4, 0.5) is 10.6 Å². The molecule has 0 bridgehead atoms. The maximum atomic E-state index is 13.4. The molecule has 1 aromatic carbocycles. The fourth-order valence-electron chi connectivity index (χ4n) is 4.65. The number of aromatic amines is 1. The molecule has 0 aliphatic carbocycles. The number of hydrogen-bond acceptors (Lipinski definition) is 7. The summed E-state index contributed by atoms with van der Waals surface area (Å²) in [5, 5.41) is 10.3. The van der Waals surface area contributed by atoms with Crippen LogP contribution in [0.15, 0.2) is 29.1 Å². The van der Waals surface area contributed by atoms with Crippen molar-refractivity contribution in [3.8, 4) is 10.6 Å². The quantitative estimate of drug-likeness (QED) is 0.469. The molecule has 0 spiro atoms. The minimum absolute atomic E-state index is 0.0618. The number of para-hydroxylation sites is 1. The molecule has 3 aromatic rings. The first-order valence-corrected chi connectivity index (χ1v) is 12.4. The summed E-state index contributed by atoms with van der Waals surface area (Å²) in [6.45, 7) is 3.14. The molecule has 33 heavy (non-hydrogen) atoms. The van der Waals surface area contributed by atoms with Crippen LogP contribution in [0.5, 0.6) is 0 Å². The molecule has 2 aromatic heterocycles. The number of fused-ring (bicyclic) bond motifs is 1. The molecule has 2 amide bonds. The summed E-state index contributed by atoms with van der Waals surface area (Å²) in [5.74, 6) is 1.40. The number of nitrogens with zero attached hydrogens (tertiary/aromatic N) is 3. The van der Waals surface area contributed by atoms with E-state index in [-0.39, 0.29) is 23.6 Å². The lowest BCUT2D eigenvalue weighted by molar-refractivity contribution is 0.182. The number of anilines is 1. The summed E-state index contributed by atoms with van der Waals surface area (Å²) >= 11 is 1.51. The number of H-pyrrole nitrogens is 1. The number of urea groups is 1. The minimum atomic E-state index is -0.168. The number of likely N-dealkylation sites (tertiary alicyclic amines) is 1. The van der Waals surface area contributed by atoms with Crippen LogP contribution in [0.3, 0.4) is 0 Å². The lowest BCUT2D eigenvalue weighted by atomic mass is 9.96. The highest BCUT2D eigenvalue weighted by Crippen LogP contribution is 2.33. The van der Waals surface area contributed by atoms with Crippen molar-refractivity contribution in [3.63, 3.8) is 0 Å². The van der Waals surface area contributed by atoms with E-state index in [2.05, 4.69) is 20.9 Å². The van der Waals surface area contributed by atoms with Gasteiger partial charge in [0.05, 0.1) is 10.2 Å². The van der Waals surface area contributed by atoms with Crippen LogP contribution in [-0.4, -0.2) is 65.2 Å². The number of aromatic nitrogens is 3. The molecular formula is C23H29N7O2S. The zero-order valence-corrected chi connectivity index (χ0v) is 19.5. The summed E-state index contributed by atoms with van der Waals surface area (Å²) in [6, 6.07) is 8.06. The third-order valence-corrected chi connectivity index (χ3v) is 7.52. The SMILES string of the molecule is CNC(=O)N1CCC(c2nc(N[C@@H]3CCCNC3)c(-c3nc4ccccc4s3)c(=O)[nH]2)CC1. The number of thiazole rings is 1. The van der Waals surface area contributed by atoms with Gasteiger partial charge in [-0.3, -0.25) is 4.79 Å². The summed E-state index contributed by atoms with van der Waals surface area (Å²) in [7, 11) is 1.65. The van der Waals surface area contributed by atoms with Gasteiger partial charge in [0.15, 0.2) is 0 Å². The van der Waals surface area contributed by atoms with Crippen LogP contribution in [0.1, 0.15) is 37.4 Å². The molecule has 0 radical (unpaired) electrons. The van der Waals surface area contributed by atoms with Crippen molar-refractivity contribution in [1.82, 2.24) is 30.5 Å². The molecule has 0 saturated carbocycles. The highest BCUT2D eigenvalue weighted by molar-refractivity contribution is 7.21. The molecule has 10 heteroatoms. The van der Waals surface area contributed by atoms with Gasteiger partial charge in [0.1, 0.15) is 22.2 Å². The smallest absolute Gasteiger partial charge is 0.317 e. The normalized spacial score (nSPS) is 19.5. The van der Waals surface area contributed by atoms with Crippen LogP contribution in [0.25, 0.3) is 20.8 Å². The van der Waals surface area contributed by atoms with E-state index in [9.17, 15) is 9.59 Å². The van der Waals surface area contributed by atoms with Crippen LogP contribution in [-0.2, 0) is 0 Å². The van der Waals surface area contributed by atoms with Gasteiger partial charge in [-0.1, -0.05) is 12.1 Å². The van der Waals surface area contributed by atoms with E-state index in [1.807, 2.05) is 24.3 Å². The molecule has 2 fully saturated rings. The van der Waals surface area contributed by atoms with Crippen molar-refractivity contribution in [2.45, 2.75) is 37.6 Å². The second-order valence-electron chi connectivity index (χ2n) is 8.67. The van der Waals surface area contributed by atoms with Crippen LogP contribution in [0.2, 0.25) is 0 Å². The molecule has 2 aliphatic rings. The number of benzene rings is 1. The maximum absolute atomic E-state index is 13.4. The third-order valence-electron chi connectivity index (χ3n) is 6.47. The Morgan fingerprint density at radius 3 is 2.73 bits per heavy atom. The minimum Gasteiger partial charge on any atom is -0.365 e. The lowest BCUT2D eigenvalue weighted by Crippen LogP contribution is -2.43. The first-order valence-electron chi connectivity index (χ1n) is 11.6. The molecule has 2 saturated heterocycles. The number of piperidine rings is 2. The first kappa shape index (κ1) is 21.8. The Balaban J connectivity index is 1.49. The van der Waals surface area contributed by atoms with Crippen molar-refractivity contribution in [3.05, 3.63) is 40.4 Å². The summed E-state index contributed by atoms with van der Waals surface area (Å²) < 4.78 is 1.04. The number of hydrogen-bond donors (Lipinski definition) is 4. The number of carbonyl (C=O) groups is 1. The average Bonchev–Trinajstić information content (AvgIpc) is 3.27. The Hall–Kier alpha value is -2.98. The van der Waals surface area contributed by atoms with Gasteiger partial charge in [-0.2, -0.15) is 0 Å². The Labute approximate surface area is 196 Å². The molecule has 4 N–H and O–H groups in total. The number of nitrogens with one attached hydrogen (secondary N) is 4. The maximum Gasteiger partial charge on any atom is 0.317 e. The van der Waals surface area contributed by atoms with Gasteiger partial charge >= 0.3 is 6.03 Å². The van der Waals surface area contributed by atoms with Crippen molar-refractivity contribution < 1.29 is 4.79 Å². The molecule has 1 atom stereocenters. The van der Waals surface area contributed by atoms with Crippen LogP contribution in [0, 0.1) is 0 Å². The van der Waals surface area contributed by atoms with Gasteiger partial charge in [0.2, 0.25) is 0 Å². The molecule has 9 nitrogen and oxygen atoms in total. The van der Waals surface area contributed by atoms with Crippen LogP contribution >= 0.6 is 11.3 Å². The highest BCUT2D eigenvalue weighted by Gasteiger charge is 2.27.